The Kier molecular flexibility index (Phi) is 6.03. The Morgan fingerprint density at radius 2 is 1.85 bits per heavy atom. The SMILES string of the molecule is CCNC(Cc1ccccn1)C1CCC(C(C)C)CC1. The molecule has 1 N–H and O–H groups in total. The van der Waals surface area contributed by atoms with Gasteiger partial charge in [0.25, 0.3) is 0 Å². The third-order valence-corrected chi connectivity index (χ3v) is 4.95. The summed E-state index contributed by atoms with van der Waals surface area (Å²) in [6.07, 6.45) is 8.57. The van der Waals surface area contributed by atoms with E-state index < -0.39 is 0 Å². The van der Waals surface area contributed by atoms with Gasteiger partial charge in [-0.15, -0.1) is 0 Å². The van der Waals surface area contributed by atoms with E-state index in [4.69, 9.17) is 0 Å². The maximum atomic E-state index is 4.50. The lowest BCUT2D eigenvalue weighted by Gasteiger charge is -2.35. The van der Waals surface area contributed by atoms with Crippen molar-refractivity contribution in [2.75, 3.05) is 6.54 Å². The fourth-order valence-corrected chi connectivity index (χ4v) is 3.63. The summed E-state index contributed by atoms with van der Waals surface area (Å²) in [5.41, 5.74) is 1.23. The second kappa shape index (κ2) is 7.78. The lowest BCUT2D eigenvalue weighted by atomic mass is 9.74. The van der Waals surface area contributed by atoms with Crippen molar-refractivity contribution in [3.8, 4) is 0 Å². The van der Waals surface area contributed by atoms with Crippen LogP contribution in [0.15, 0.2) is 24.4 Å². The minimum absolute atomic E-state index is 0.600. The monoisotopic (exact) mass is 274 g/mol. The normalized spacial score (nSPS) is 24.8. The predicted octanol–water partition coefficient (Wildman–Crippen LogP) is 4.06. The van der Waals surface area contributed by atoms with E-state index in [1.807, 2.05) is 12.3 Å². The Balaban J connectivity index is 1.92. The Bertz CT molecular complexity index is 366. The molecule has 0 amide bonds. The van der Waals surface area contributed by atoms with Gasteiger partial charge in [0.05, 0.1) is 0 Å². The standard InChI is InChI=1S/C18H30N2/c1-4-19-18(13-17-7-5-6-12-20-17)16-10-8-15(9-11-16)14(2)3/h5-7,12,14-16,18-19H,4,8-11,13H2,1-3H3. The maximum absolute atomic E-state index is 4.50. The zero-order chi connectivity index (χ0) is 14.4. The van der Waals surface area contributed by atoms with Gasteiger partial charge in [-0.05, 0) is 62.1 Å². The second-order valence-corrected chi connectivity index (χ2v) is 6.61. The van der Waals surface area contributed by atoms with E-state index in [0.717, 1.165) is 30.7 Å². The summed E-state index contributed by atoms with van der Waals surface area (Å²) >= 11 is 0. The van der Waals surface area contributed by atoms with E-state index in [2.05, 4.69) is 43.2 Å². The summed E-state index contributed by atoms with van der Waals surface area (Å²) in [5, 5.41) is 3.70. The number of nitrogens with zero attached hydrogens (tertiary/aromatic N) is 1. The summed E-state index contributed by atoms with van der Waals surface area (Å²) in [7, 11) is 0. The van der Waals surface area contributed by atoms with Crippen LogP contribution in [-0.4, -0.2) is 17.6 Å². The number of pyridine rings is 1. The molecular weight excluding hydrogens is 244 g/mol. The lowest BCUT2D eigenvalue weighted by molar-refractivity contribution is 0.188. The van der Waals surface area contributed by atoms with Crippen LogP contribution in [0.1, 0.15) is 52.1 Å². The molecule has 112 valence electrons. The molecule has 1 aromatic heterocycles. The third-order valence-electron chi connectivity index (χ3n) is 4.95. The summed E-state index contributed by atoms with van der Waals surface area (Å²) in [4.78, 5) is 4.50. The number of aromatic nitrogens is 1. The molecule has 1 fully saturated rings. The Labute approximate surface area is 124 Å². The van der Waals surface area contributed by atoms with Crippen LogP contribution in [0.2, 0.25) is 0 Å². The van der Waals surface area contributed by atoms with Crippen molar-refractivity contribution in [3.63, 3.8) is 0 Å². The minimum Gasteiger partial charge on any atom is -0.314 e. The molecule has 2 heteroatoms. The van der Waals surface area contributed by atoms with E-state index in [1.54, 1.807) is 0 Å². The summed E-state index contributed by atoms with van der Waals surface area (Å²) in [5.74, 6) is 2.62. The van der Waals surface area contributed by atoms with E-state index in [0.29, 0.717) is 6.04 Å². The van der Waals surface area contributed by atoms with Crippen molar-refractivity contribution in [2.24, 2.45) is 17.8 Å². The first-order valence-electron chi connectivity index (χ1n) is 8.34. The highest BCUT2D eigenvalue weighted by atomic mass is 14.9. The topological polar surface area (TPSA) is 24.9 Å². The van der Waals surface area contributed by atoms with Crippen molar-refractivity contribution < 1.29 is 0 Å². The molecule has 0 aliphatic heterocycles. The second-order valence-electron chi connectivity index (χ2n) is 6.61. The predicted molar refractivity (Wildman–Crippen MR) is 85.7 cm³/mol. The van der Waals surface area contributed by atoms with Crippen molar-refractivity contribution in [1.29, 1.82) is 0 Å². The van der Waals surface area contributed by atoms with E-state index in [9.17, 15) is 0 Å². The van der Waals surface area contributed by atoms with Gasteiger partial charge in [-0.2, -0.15) is 0 Å². The largest absolute Gasteiger partial charge is 0.314 e. The van der Waals surface area contributed by atoms with Crippen LogP contribution in [-0.2, 0) is 6.42 Å². The zero-order valence-electron chi connectivity index (χ0n) is 13.3. The van der Waals surface area contributed by atoms with Gasteiger partial charge >= 0.3 is 0 Å². The van der Waals surface area contributed by atoms with Crippen LogP contribution >= 0.6 is 0 Å². The van der Waals surface area contributed by atoms with Gasteiger partial charge < -0.3 is 5.32 Å². The van der Waals surface area contributed by atoms with Crippen molar-refractivity contribution in [3.05, 3.63) is 30.1 Å². The van der Waals surface area contributed by atoms with Gasteiger partial charge in [0.1, 0.15) is 0 Å². The summed E-state index contributed by atoms with van der Waals surface area (Å²) in [6, 6.07) is 6.85. The summed E-state index contributed by atoms with van der Waals surface area (Å²) < 4.78 is 0. The molecule has 1 unspecified atom stereocenters. The number of hydrogen-bond donors (Lipinski definition) is 1. The van der Waals surface area contributed by atoms with Crippen LogP contribution < -0.4 is 5.32 Å². The first-order valence-corrected chi connectivity index (χ1v) is 8.34. The molecule has 1 saturated carbocycles. The van der Waals surface area contributed by atoms with Gasteiger partial charge in [-0.25, -0.2) is 0 Å². The molecule has 0 spiro atoms. The van der Waals surface area contributed by atoms with Crippen LogP contribution in [0.25, 0.3) is 0 Å². The highest BCUT2D eigenvalue weighted by molar-refractivity contribution is 5.06. The molecule has 1 aromatic rings. The fraction of sp³-hybridized carbons (Fsp3) is 0.722. The van der Waals surface area contributed by atoms with E-state index in [1.165, 1.54) is 31.4 Å². The number of rotatable bonds is 6. The number of nitrogens with one attached hydrogen (secondary N) is 1. The highest BCUT2D eigenvalue weighted by Crippen LogP contribution is 2.35. The van der Waals surface area contributed by atoms with Crippen LogP contribution in [0.4, 0.5) is 0 Å². The summed E-state index contributed by atoms with van der Waals surface area (Å²) in [6.45, 7) is 8.02. The number of likely N-dealkylation sites (N-methyl/N-ethyl adjacent to an activating group) is 1. The highest BCUT2D eigenvalue weighted by Gasteiger charge is 2.28. The molecule has 2 nitrogen and oxygen atoms in total. The molecule has 0 saturated heterocycles. The van der Waals surface area contributed by atoms with Crippen molar-refractivity contribution in [2.45, 2.75) is 58.9 Å². The van der Waals surface area contributed by atoms with Crippen LogP contribution in [0.3, 0.4) is 0 Å². The van der Waals surface area contributed by atoms with E-state index >= 15 is 0 Å². The van der Waals surface area contributed by atoms with Crippen LogP contribution in [0.5, 0.6) is 0 Å². The Morgan fingerprint density at radius 3 is 2.40 bits per heavy atom. The van der Waals surface area contributed by atoms with Crippen LogP contribution in [0, 0.1) is 17.8 Å². The van der Waals surface area contributed by atoms with E-state index in [-0.39, 0.29) is 0 Å². The smallest absolute Gasteiger partial charge is 0.0419 e. The molecular formula is C18H30N2. The molecule has 2 rings (SSSR count). The minimum atomic E-state index is 0.600. The van der Waals surface area contributed by atoms with Gasteiger partial charge in [-0.1, -0.05) is 26.8 Å². The molecule has 1 aliphatic rings. The number of hydrogen-bond acceptors (Lipinski definition) is 2. The zero-order valence-corrected chi connectivity index (χ0v) is 13.3. The molecule has 20 heavy (non-hydrogen) atoms. The maximum Gasteiger partial charge on any atom is 0.0419 e. The van der Waals surface area contributed by atoms with Crippen molar-refractivity contribution >= 4 is 0 Å². The fourth-order valence-electron chi connectivity index (χ4n) is 3.63. The quantitative estimate of drug-likeness (QED) is 0.846. The van der Waals surface area contributed by atoms with Gasteiger partial charge in [0.2, 0.25) is 0 Å². The molecule has 0 bridgehead atoms. The molecule has 1 aliphatic carbocycles. The van der Waals surface area contributed by atoms with Crippen molar-refractivity contribution in [1.82, 2.24) is 10.3 Å². The third kappa shape index (κ3) is 4.31. The Hall–Kier alpha value is -0.890. The first kappa shape index (κ1) is 15.5. The molecule has 1 atom stereocenters. The molecule has 0 radical (unpaired) electrons. The van der Waals surface area contributed by atoms with Gasteiger partial charge in [0.15, 0.2) is 0 Å². The Morgan fingerprint density at radius 1 is 1.15 bits per heavy atom. The van der Waals surface area contributed by atoms with Gasteiger partial charge in [0, 0.05) is 24.4 Å². The average Bonchev–Trinajstić information content (AvgIpc) is 2.48. The van der Waals surface area contributed by atoms with Gasteiger partial charge in [-0.3, -0.25) is 4.98 Å². The molecule has 0 aromatic carbocycles. The average molecular weight is 274 g/mol. The lowest BCUT2D eigenvalue weighted by Crippen LogP contribution is -2.40. The first-order chi connectivity index (χ1) is 9.70. The molecule has 1 heterocycles.